The van der Waals surface area contributed by atoms with Gasteiger partial charge in [-0.2, -0.15) is 0 Å². The normalized spacial score (nSPS) is 10.4. The van der Waals surface area contributed by atoms with E-state index in [1.165, 1.54) is 5.56 Å². The SMILES string of the molecule is CCNCc1cnc(N(C)Cc2cccc(OC)c2)cn1. The molecule has 1 heterocycles. The highest BCUT2D eigenvalue weighted by Crippen LogP contribution is 2.16. The molecule has 0 aliphatic carbocycles. The molecular formula is C16H22N4O. The molecule has 0 fully saturated rings. The van der Waals surface area contributed by atoms with Crippen molar-refractivity contribution in [3.8, 4) is 5.75 Å². The van der Waals surface area contributed by atoms with E-state index >= 15 is 0 Å². The van der Waals surface area contributed by atoms with Crippen LogP contribution in [0.4, 0.5) is 5.82 Å². The molecule has 1 aromatic heterocycles. The number of aromatic nitrogens is 2. The molecule has 0 atom stereocenters. The molecule has 1 N–H and O–H groups in total. The van der Waals surface area contributed by atoms with Crippen LogP contribution in [0.2, 0.25) is 0 Å². The summed E-state index contributed by atoms with van der Waals surface area (Å²) < 4.78 is 5.24. The van der Waals surface area contributed by atoms with Crippen LogP contribution in [0.3, 0.4) is 0 Å². The molecule has 0 spiro atoms. The van der Waals surface area contributed by atoms with Gasteiger partial charge in [0.15, 0.2) is 0 Å². The largest absolute Gasteiger partial charge is 0.497 e. The fourth-order valence-electron chi connectivity index (χ4n) is 2.02. The van der Waals surface area contributed by atoms with Crippen LogP contribution in [-0.2, 0) is 13.1 Å². The Morgan fingerprint density at radius 3 is 2.76 bits per heavy atom. The summed E-state index contributed by atoms with van der Waals surface area (Å²) in [7, 11) is 3.69. The lowest BCUT2D eigenvalue weighted by atomic mass is 10.2. The molecule has 0 unspecified atom stereocenters. The second-order valence-electron chi connectivity index (χ2n) is 4.85. The van der Waals surface area contributed by atoms with Gasteiger partial charge in [0.1, 0.15) is 11.6 Å². The predicted octanol–water partition coefficient (Wildman–Crippen LogP) is 2.23. The molecule has 0 saturated carbocycles. The Hall–Kier alpha value is -2.14. The summed E-state index contributed by atoms with van der Waals surface area (Å²) in [4.78, 5) is 11.0. The molecule has 112 valence electrons. The number of nitrogens with zero attached hydrogens (tertiary/aromatic N) is 3. The minimum absolute atomic E-state index is 0.753. The first-order valence-electron chi connectivity index (χ1n) is 7.08. The first kappa shape index (κ1) is 15.3. The number of ether oxygens (including phenoxy) is 1. The third-order valence-corrected chi connectivity index (χ3v) is 3.19. The Morgan fingerprint density at radius 1 is 1.24 bits per heavy atom. The van der Waals surface area contributed by atoms with Gasteiger partial charge < -0.3 is 15.0 Å². The van der Waals surface area contributed by atoms with E-state index in [0.29, 0.717) is 0 Å². The number of nitrogens with one attached hydrogen (secondary N) is 1. The Balaban J connectivity index is 2.00. The van der Waals surface area contributed by atoms with Gasteiger partial charge in [-0.05, 0) is 24.2 Å². The first-order valence-corrected chi connectivity index (χ1v) is 7.08. The van der Waals surface area contributed by atoms with Crippen molar-refractivity contribution in [1.29, 1.82) is 0 Å². The van der Waals surface area contributed by atoms with E-state index in [4.69, 9.17) is 4.74 Å². The second kappa shape index (κ2) is 7.59. The minimum atomic E-state index is 0.753. The molecule has 1 aromatic carbocycles. The summed E-state index contributed by atoms with van der Waals surface area (Å²) in [6.45, 7) is 4.52. The van der Waals surface area contributed by atoms with Crippen molar-refractivity contribution >= 4 is 5.82 Å². The lowest BCUT2D eigenvalue weighted by molar-refractivity contribution is 0.414. The van der Waals surface area contributed by atoms with Crippen LogP contribution in [0.5, 0.6) is 5.75 Å². The zero-order valence-corrected chi connectivity index (χ0v) is 12.8. The van der Waals surface area contributed by atoms with Gasteiger partial charge in [0.25, 0.3) is 0 Å². The molecule has 0 saturated heterocycles. The Kier molecular flexibility index (Phi) is 5.51. The number of anilines is 1. The topological polar surface area (TPSA) is 50.3 Å². The molecule has 21 heavy (non-hydrogen) atoms. The van der Waals surface area contributed by atoms with Crippen LogP contribution in [0.25, 0.3) is 0 Å². The van der Waals surface area contributed by atoms with Gasteiger partial charge in [0.2, 0.25) is 0 Å². The van der Waals surface area contributed by atoms with Crippen LogP contribution in [-0.4, -0.2) is 30.7 Å². The van der Waals surface area contributed by atoms with Crippen molar-refractivity contribution < 1.29 is 4.74 Å². The zero-order chi connectivity index (χ0) is 15.1. The number of hydrogen-bond donors (Lipinski definition) is 1. The van der Waals surface area contributed by atoms with E-state index in [-0.39, 0.29) is 0 Å². The monoisotopic (exact) mass is 286 g/mol. The average molecular weight is 286 g/mol. The third kappa shape index (κ3) is 4.43. The standard InChI is InChI=1S/C16H22N4O/c1-4-17-9-14-10-19-16(11-18-14)20(2)12-13-6-5-7-15(8-13)21-3/h5-8,10-11,17H,4,9,12H2,1-3H3. The first-order chi connectivity index (χ1) is 10.2. The van der Waals surface area contributed by atoms with Gasteiger partial charge in [-0.15, -0.1) is 0 Å². The second-order valence-corrected chi connectivity index (χ2v) is 4.85. The summed E-state index contributed by atoms with van der Waals surface area (Å²) in [6, 6.07) is 8.04. The third-order valence-electron chi connectivity index (χ3n) is 3.19. The lowest BCUT2D eigenvalue weighted by Crippen LogP contribution is -2.19. The highest BCUT2D eigenvalue weighted by molar-refractivity contribution is 5.38. The summed E-state index contributed by atoms with van der Waals surface area (Å²) in [6.07, 6.45) is 3.63. The van der Waals surface area contributed by atoms with Crippen molar-refractivity contribution in [1.82, 2.24) is 15.3 Å². The molecular weight excluding hydrogens is 264 g/mol. The average Bonchev–Trinajstić information content (AvgIpc) is 2.53. The fourth-order valence-corrected chi connectivity index (χ4v) is 2.02. The molecule has 0 radical (unpaired) electrons. The van der Waals surface area contributed by atoms with Gasteiger partial charge in [0.05, 0.1) is 25.2 Å². The van der Waals surface area contributed by atoms with Crippen molar-refractivity contribution in [2.24, 2.45) is 0 Å². The molecule has 0 bridgehead atoms. The smallest absolute Gasteiger partial charge is 0.147 e. The molecule has 2 aromatic rings. The van der Waals surface area contributed by atoms with E-state index in [0.717, 1.165) is 36.9 Å². The van der Waals surface area contributed by atoms with Crippen LogP contribution in [0.1, 0.15) is 18.2 Å². The molecule has 2 rings (SSSR count). The van der Waals surface area contributed by atoms with Crippen molar-refractivity contribution in [3.05, 3.63) is 47.9 Å². The maximum atomic E-state index is 5.24. The van der Waals surface area contributed by atoms with Crippen LogP contribution in [0, 0.1) is 0 Å². The summed E-state index contributed by atoms with van der Waals surface area (Å²) >= 11 is 0. The predicted molar refractivity (Wildman–Crippen MR) is 84.5 cm³/mol. The number of hydrogen-bond acceptors (Lipinski definition) is 5. The van der Waals surface area contributed by atoms with Crippen LogP contribution >= 0.6 is 0 Å². The Morgan fingerprint density at radius 2 is 2.10 bits per heavy atom. The van der Waals surface area contributed by atoms with E-state index < -0.39 is 0 Å². The summed E-state index contributed by atoms with van der Waals surface area (Å²) in [5, 5.41) is 3.24. The van der Waals surface area contributed by atoms with Crippen LogP contribution in [0.15, 0.2) is 36.7 Å². The summed E-state index contributed by atoms with van der Waals surface area (Å²) in [5.41, 5.74) is 2.13. The van der Waals surface area contributed by atoms with Crippen molar-refractivity contribution in [2.75, 3.05) is 25.6 Å². The van der Waals surface area contributed by atoms with E-state index in [1.54, 1.807) is 7.11 Å². The minimum Gasteiger partial charge on any atom is -0.497 e. The van der Waals surface area contributed by atoms with Crippen molar-refractivity contribution in [2.45, 2.75) is 20.0 Å². The highest BCUT2D eigenvalue weighted by Gasteiger charge is 2.05. The van der Waals surface area contributed by atoms with Gasteiger partial charge in [-0.3, -0.25) is 4.98 Å². The van der Waals surface area contributed by atoms with Crippen LogP contribution < -0.4 is 15.0 Å². The number of rotatable bonds is 7. The zero-order valence-electron chi connectivity index (χ0n) is 12.8. The van der Waals surface area contributed by atoms with E-state index in [2.05, 4.69) is 33.2 Å². The molecule has 0 aliphatic rings. The van der Waals surface area contributed by atoms with Gasteiger partial charge in [0, 0.05) is 20.1 Å². The quantitative estimate of drug-likeness (QED) is 0.846. The Labute approximate surface area is 126 Å². The maximum absolute atomic E-state index is 5.24. The van der Waals surface area contributed by atoms with Gasteiger partial charge >= 0.3 is 0 Å². The number of benzene rings is 1. The van der Waals surface area contributed by atoms with E-state index in [9.17, 15) is 0 Å². The summed E-state index contributed by atoms with van der Waals surface area (Å²) in [5.74, 6) is 1.73. The van der Waals surface area contributed by atoms with Crippen molar-refractivity contribution in [3.63, 3.8) is 0 Å². The molecule has 5 nitrogen and oxygen atoms in total. The highest BCUT2D eigenvalue weighted by atomic mass is 16.5. The fraction of sp³-hybridized carbons (Fsp3) is 0.375. The molecule has 0 amide bonds. The molecule has 5 heteroatoms. The van der Waals surface area contributed by atoms with Gasteiger partial charge in [-0.25, -0.2) is 4.98 Å². The maximum Gasteiger partial charge on any atom is 0.147 e. The Bertz CT molecular complexity index is 556. The van der Waals surface area contributed by atoms with Gasteiger partial charge in [-0.1, -0.05) is 19.1 Å². The lowest BCUT2D eigenvalue weighted by Gasteiger charge is -2.18. The van der Waals surface area contributed by atoms with E-state index in [1.807, 2.05) is 37.6 Å². The molecule has 0 aliphatic heterocycles. The number of methoxy groups -OCH3 is 1.